The molecule has 100 valence electrons. The zero-order valence-electron chi connectivity index (χ0n) is 11.6. The van der Waals surface area contributed by atoms with Gasteiger partial charge < -0.3 is 10.4 Å². The first-order valence-corrected chi connectivity index (χ1v) is 7.16. The molecule has 0 spiro atoms. The standard InChI is InChI=1S/C14H28N2O/c1-4-15-14(11-17)8-6-12(10-14)16-9-5-7-13(16,2)3/h12,15,17H,4-11H2,1-3H3. The Morgan fingerprint density at radius 3 is 2.65 bits per heavy atom. The van der Waals surface area contributed by atoms with Crippen molar-refractivity contribution in [2.45, 2.75) is 70.0 Å². The zero-order valence-corrected chi connectivity index (χ0v) is 11.6. The Morgan fingerprint density at radius 1 is 1.35 bits per heavy atom. The van der Waals surface area contributed by atoms with Crippen molar-refractivity contribution in [1.29, 1.82) is 0 Å². The molecule has 0 bridgehead atoms. The Bertz CT molecular complexity index is 267. The Morgan fingerprint density at radius 2 is 2.12 bits per heavy atom. The van der Waals surface area contributed by atoms with Crippen LogP contribution >= 0.6 is 0 Å². The van der Waals surface area contributed by atoms with E-state index >= 15 is 0 Å². The van der Waals surface area contributed by atoms with E-state index in [1.54, 1.807) is 0 Å². The van der Waals surface area contributed by atoms with Gasteiger partial charge in [-0.15, -0.1) is 0 Å². The minimum absolute atomic E-state index is 0.00190. The maximum atomic E-state index is 9.66. The molecule has 3 heteroatoms. The number of aliphatic hydroxyl groups excluding tert-OH is 1. The number of likely N-dealkylation sites (N-methyl/N-ethyl adjacent to an activating group) is 1. The van der Waals surface area contributed by atoms with Crippen LogP contribution in [0.4, 0.5) is 0 Å². The van der Waals surface area contributed by atoms with Crippen LogP contribution in [0, 0.1) is 0 Å². The van der Waals surface area contributed by atoms with Gasteiger partial charge in [-0.05, 0) is 59.0 Å². The van der Waals surface area contributed by atoms with Gasteiger partial charge in [0, 0.05) is 17.1 Å². The second-order valence-electron chi connectivity index (χ2n) is 6.47. The van der Waals surface area contributed by atoms with Crippen LogP contribution in [0.3, 0.4) is 0 Å². The topological polar surface area (TPSA) is 35.5 Å². The molecule has 2 rings (SSSR count). The molecule has 3 nitrogen and oxygen atoms in total. The van der Waals surface area contributed by atoms with Crippen molar-refractivity contribution in [3.05, 3.63) is 0 Å². The van der Waals surface area contributed by atoms with E-state index in [1.807, 2.05) is 0 Å². The fraction of sp³-hybridized carbons (Fsp3) is 1.00. The van der Waals surface area contributed by atoms with Gasteiger partial charge in [0.05, 0.1) is 6.61 Å². The molecule has 0 aromatic carbocycles. The summed E-state index contributed by atoms with van der Waals surface area (Å²) < 4.78 is 0. The maximum absolute atomic E-state index is 9.66. The van der Waals surface area contributed by atoms with Crippen molar-refractivity contribution in [2.75, 3.05) is 19.7 Å². The summed E-state index contributed by atoms with van der Waals surface area (Å²) in [5.74, 6) is 0. The number of rotatable bonds is 4. The largest absolute Gasteiger partial charge is 0.394 e. The van der Waals surface area contributed by atoms with Crippen LogP contribution in [0.2, 0.25) is 0 Å². The smallest absolute Gasteiger partial charge is 0.0613 e. The van der Waals surface area contributed by atoms with Crippen molar-refractivity contribution < 1.29 is 5.11 Å². The minimum atomic E-state index is -0.00190. The molecule has 2 aliphatic rings. The summed E-state index contributed by atoms with van der Waals surface area (Å²) in [6.45, 7) is 9.34. The van der Waals surface area contributed by atoms with Crippen LogP contribution in [0.25, 0.3) is 0 Å². The first-order valence-electron chi connectivity index (χ1n) is 7.16. The van der Waals surface area contributed by atoms with Crippen LogP contribution in [0.15, 0.2) is 0 Å². The number of hydrogen-bond donors (Lipinski definition) is 2. The van der Waals surface area contributed by atoms with Gasteiger partial charge in [-0.25, -0.2) is 0 Å². The number of nitrogens with zero attached hydrogens (tertiary/aromatic N) is 1. The first kappa shape index (κ1) is 13.3. The number of aliphatic hydroxyl groups is 1. The molecule has 0 amide bonds. The summed E-state index contributed by atoms with van der Waals surface area (Å²) in [4.78, 5) is 2.68. The molecule has 17 heavy (non-hydrogen) atoms. The van der Waals surface area contributed by atoms with E-state index < -0.39 is 0 Å². The SMILES string of the molecule is CCNC1(CO)CCC(N2CCCC2(C)C)C1. The molecule has 1 saturated carbocycles. The second-order valence-corrected chi connectivity index (χ2v) is 6.47. The number of likely N-dealkylation sites (tertiary alicyclic amines) is 1. The van der Waals surface area contributed by atoms with Crippen LogP contribution in [-0.4, -0.2) is 46.8 Å². The van der Waals surface area contributed by atoms with E-state index in [0.29, 0.717) is 11.6 Å². The monoisotopic (exact) mass is 240 g/mol. The van der Waals surface area contributed by atoms with Gasteiger partial charge in [0.25, 0.3) is 0 Å². The lowest BCUT2D eigenvalue weighted by Crippen LogP contribution is -2.50. The van der Waals surface area contributed by atoms with Crippen molar-refractivity contribution in [3.63, 3.8) is 0 Å². The third-order valence-corrected chi connectivity index (χ3v) is 4.84. The molecule has 1 aliphatic carbocycles. The molecular weight excluding hydrogens is 212 g/mol. The van der Waals surface area contributed by atoms with E-state index in [9.17, 15) is 5.11 Å². The number of hydrogen-bond acceptors (Lipinski definition) is 3. The van der Waals surface area contributed by atoms with Crippen LogP contribution in [0.1, 0.15) is 52.9 Å². The van der Waals surface area contributed by atoms with Gasteiger partial charge in [-0.2, -0.15) is 0 Å². The molecule has 1 heterocycles. The summed E-state index contributed by atoms with van der Waals surface area (Å²) in [5, 5.41) is 13.2. The summed E-state index contributed by atoms with van der Waals surface area (Å²) in [5.41, 5.74) is 0.362. The van der Waals surface area contributed by atoms with E-state index in [-0.39, 0.29) is 12.1 Å². The van der Waals surface area contributed by atoms with Gasteiger partial charge in [-0.1, -0.05) is 6.92 Å². The van der Waals surface area contributed by atoms with Crippen LogP contribution in [-0.2, 0) is 0 Å². The predicted octanol–water partition coefficient (Wildman–Crippen LogP) is 1.75. The molecule has 1 aliphatic heterocycles. The summed E-state index contributed by atoms with van der Waals surface area (Å²) in [6, 6.07) is 0.665. The third kappa shape index (κ3) is 2.51. The lowest BCUT2D eigenvalue weighted by Gasteiger charge is -2.38. The Labute approximate surface area is 106 Å². The summed E-state index contributed by atoms with van der Waals surface area (Å²) in [6.07, 6.45) is 6.11. The highest BCUT2D eigenvalue weighted by atomic mass is 16.3. The maximum Gasteiger partial charge on any atom is 0.0613 e. The molecule has 2 N–H and O–H groups in total. The molecule has 0 radical (unpaired) electrons. The van der Waals surface area contributed by atoms with E-state index in [2.05, 4.69) is 31.0 Å². The fourth-order valence-electron chi connectivity index (χ4n) is 3.90. The van der Waals surface area contributed by atoms with Crippen molar-refractivity contribution in [3.8, 4) is 0 Å². The Kier molecular flexibility index (Phi) is 3.81. The van der Waals surface area contributed by atoms with Gasteiger partial charge in [-0.3, -0.25) is 4.90 Å². The van der Waals surface area contributed by atoms with E-state index in [1.165, 1.54) is 25.8 Å². The molecular formula is C14H28N2O. The molecule has 2 unspecified atom stereocenters. The third-order valence-electron chi connectivity index (χ3n) is 4.84. The molecule has 0 aromatic heterocycles. The summed E-state index contributed by atoms with van der Waals surface area (Å²) in [7, 11) is 0. The molecule has 1 saturated heterocycles. The van der Waals surface area contributed by atoms with Crippen molar-refractivity contribution in [2.24, 2.45) is 0 Å². The lowest BCUT2D eigenvalue weighted by molar-refractivity contribution is 0.101. The highest BCUT2D eigenvalue weighted by Crippen LogP contribution is 2.39. The molecule has 0 aromatic rings. The van der Waals surface area contributed by atoms with Crippen molar-refractivity contribution >= 4 is 0 Å². The fourth-order valence-corrected chi connectivity index (χ4v) is 3.90. The van der Waals surface area contributed by atoms with Gasteiger partial charge in [0.15, 0.2) is 0 Å². The van der Waals surface area contributed by atoms with Crippen molar-refractivity contribution in [1.82, 2.24) is 10.2 Å². The van der Waals surface area contributed by atoms with E-state index in [0.717, 1.165) is 19.4 Å². The van der Waals surface area contributed by atoms with Crippen LogP contribution < -0.4 is 5.32 Å². The number of nitrogens with one attached hydrogen (secondary N) is 1. The Balaban J connectivity index is 2.01. The zero-order chi connectivity index (χ0) is 12.5. The van der Waals surface area contributed by atoms with Gasteiger partial charge in [0.1, 0.15) is 0 Å². The molecule has 2 fully saturated rings. The van der Waals surface area contributed by atoms with Gasteiger partial charge in [0.2, 0.25) is 0 Å². The first-order chi connectivity index (χ1) is 8.03. The predicted molar refractivity (Wildman–Crippen MR) is 71.2 cm³/mol. The average molecular weight is 240 g/mol. The van der Waals surface area contributed by atoms with Gasteiger partial charge >= 0.3 is 0 Å². The second kappa shape index (κ2) is 4.87. The highest BCUT2D eigenvalue weighted by Gasteiger charge is 2.45. The highest BCUT2D eigenvalue weighted by molar-refractivity contribution is 5.03. The normalized spacial score (nSPS) is 37.8. The van der Waals surface area contributed by atoms with E-state index in [4.69, 9.17) is 0 Å². The van der Waals surface area contributed by atoms with Crippen LogP contribution in [0.5, 0.6) is 0 Å². The Hall–Kier alpha value is -0.120. The summed E-state index contributed by atoms with van der Waals surface area (Å²) >= 11 is 0. The lowest BCUT2D eigenvalue weighted by atomic mass is 9.96. The quantitative estimate of drug-likeness (QED) is 0.786. The average Bonchev–Trinajstić information content (AvgIpc) is 2.83. The molecule has 2 atom stereocenters. The minimum Gasteiger partial charge on any atom is -0.394 e.